The molecule has 2 rings (SSSR count). The highest BCUT2D eigenvalue weighted by Crippen LogP contribution is 2.26. The van der Waals surface area contributed by atoms with Crippen LogP contribution in [0.5, 0.6) is 11.7 Å². The van der Waals surface area contributed by atoms with E-state index >= 15 is 0 Å². The Morgan fingerprint density at radius 3 is 2.47 bits per heavy atom. The first-order valence-electron chi connectivity index (χ1n) is 6.21. The van der Waals surface area contributed by atoms with Gasteiger partial charge in [0, 0.05) is 6.07 Å². The third-order valence-corrected chi connectivity index (χ3v) is 3.07. The molecule has 4 heteroatoms. The van der Waals surface area contributed by atoms with Crippen LogP contribution in [0, 0.1) is 0 Å². The van der Waals surface area contributed by atoms with Gasteiger partial charge in [-0.3, -0.25) is 0 Å². The van der Waals surface area contributed by atoms with Gasteiger partial charge in [0.15, 0.2) is 0 Å². The Morgan fingerprint density at radius 1 is 1.26 bits per heavy atom. The third kappa shape index (κ3) is 3.16. The molecular formula is C15H16O4. The summed E-state index contributed by atoms with van der Waals surface area (Å²) in [5.74, 6) is 0.0662. The van der Waals surface area contributed by atoms with E-state index in [2.05, 4.69) is 13.8 Å². The second-order valence-electron chi connectivity index (χ2n) is 4.40. The lowest BCUT2D eigenvalue weighted by Gasteiger charge is -2.09. The number of ether oxygens (including phenoxy) is 1. The molecule has 19 heavy (non-hydrogen) atoms. The Balaban J connectivity index is 2.08. The molecule has 0 amide bonds. The molecule has 0 spiro atoms. The van der Waals surface area contributed by atoms with E-state index in [1.165, 1.54) is 17.7 Å². The Labute approximate surface area is 111 Å². The average molecular weight is 260 g/mol. The van der Waals surface area contributed by atoms with E-state index in [0.29, 0.717) is 11.7 Å². The highest BCUT2D eigenvalue weighted by atomic mass is 16.6. The summed E-state index contributed by atoms with van der Waals surface area (Å²) in [5, 5.41) is 8.74. The number of aromatic carboxylic acids is 1. The lowest BCUT2D eigenvalue weighted by molar-refractivity contribution is 0.0657. The van der Waals surface area contributed by atoms with Gasteiger partial charge in [-0.2, -0.15) is 0 Å². The molecule has 0 radical (unpaired) electrons. The summed E-state index contributed by atoms with van der Waals surface area (Å²) in [5.41, 5.74) is 1.25. The summed E-state index contributed by atoms with van der Waals surface area (Å²) >= 11 is 0. The molecular weight excluding hydrogens is 244 g/mol. The molecule has 0 aliphatic carbocycles. The minimum atomic E-state index is -1.11. The van der Waals surface area contributed by atoms with Crippen molar-refractivity contribution >= 4 is 5.97 Å². The molecule has 1 N–H and O–H groups in total. The summed E-state index contributed by atoms with van der Waals surface area (Å²) in [4.78, 5) is 10.7. The van der Waals surface area contributed by atoms with Crippen molar-refractivity contribution in [2.45, 2.75) is 26.2 Å². The fraction of sp³-hybridized carbons (Fsp3) is 0.267. The first-order valence-corrected chi connectivity index (χ1v) is 6.21. The summed E-state index contributed by atoms with van der Waals surface area (Å²) in [6, 6.07) is 10.6. The topological polar surface area (TPSA) is 59.7 Å². The van der Waals surface area contributed by atoms with Crippen molar-refractivity contribution in [1.82, 2.24) is 0 Å². The molecule has 0 fully saturated rings. The zero-order chi connectivity index (χ0) is 13.8. The molecule has 100 valence electrons. The zero-order valence-corrected chi connectivity index (χ0v) is 10.9. The SMILES string of the molecule is CCC(C)c1ccc(Oc2ccc(C(=O)O)o2)cc1. The van der Waals surface area contributed by atoms with Crippen molar-refractivity contribution in [3.8, 4) is 11.7 Å². The maximum absolute atomic E-state index is 10.7. The van der Waals surface area contributed by atoms with E-state index < -0.39 is 5.97 Å². The number of carboxylic acids is 1. The van der Waals surface area contributed by atoms with Crippen molar-refractivity contribution in [3.63, 3.8) is 0 Å². The van der Waals surface area contributed by atoms with Gasteiger partial charge in [-0.05, 0) is 36.1 Å². The second-order valence-corrected chi connectivity index (χ2v) is 4.40. The normalized spacial score (nSPS) is 12.1. The van der Waals surface area contributed by atoms with Gasteiger partial charge in [-0.25, -0.2) is 4.79 Å². The average Bonchev–Trinajstić information content (AvgIpc) is 2.87. The van der Waals surface area contributed by atoms with Gasteiger partial charge in [-0.15, -0.1) is 0 Å². The fourth-order valence-corrected chi connectivity index (χ4v) is 1.71. The molecule has 0 saturated heterocycles. The van der Waals surface area contributed by atoms with E-state index in [1.54, 1.807) is 0 Å². The van der Waals surface area contributed by atoms with Crippen LogP contribution in [0.3, 0.4) is 0 Å². The van der Waals surface area contributed by atoms with Gasteiger partial charge in [-0.1, -0.05) is 26.0 Å². The Kier molecular flexibility index (Phi) is 3.90. The predicted octanol–water partition coefficient (Wildman–Crippen LogP) is 4.28. The molecule has 0 aliphatic heterocycles. The molecule has 1 unspecified atom stereocenters. The maximum Gasteiger partial charge on any atom is 0.371 e. The summed E-state index contributed by atoms with van der Waals surface area (Å²) < 4.78 is 10.5. The number of hydrogen-bond acceptors (Lipinski definition) is 3. The van der Waals surface area contributed by atoms with Crippen molar-refractivity contribution < 1.29 is 19.1 Å². The molecule has 1 aromatic heterocycles. The Morgan fingerprint density at radius 2 is 1.95 bits per heavy atom. The van der Waals surface area contributed by atoms with Crippen LogP contribution in [0.2, 0.25) is 0 Å². The third-order valence-electron chi connectivity index (χ3n) is 3.07. The highest BCUT2D eigenvalue weighted by Gasteiger charge is 2.10. The van der Waals surface area contributed by atoms with E-state index in [4.69, 9.17) is 14.3 Å². The van der Waals surface area contributed by atoms with Crippen LogP contribution in [0.15, 0.2) is 40.8 Å². The molecule has 1 aromatic carbocycles. The summed E-state index contributed by atoms with van der Waals surface area (Å²) in [7, 11) is 0. The molecule has 0 aliphatic rings. The maximum atomic E-state index is 10.7. The first kappa shape index (κ1) is 13.2. The summed E-state index contributed by atoms with van der Waals surface area (Å²) in [6.07, 6.45) is 1.08. The number of furan rings is 1. The second kappa shape index (κ2) is 5.61. The van der Waals surface area contributed by atoms with Crippen LogP contribution >= 0.6 is 0 Å². The Bertz CT molecular complexity index is 554. The van der Waals surface area contributed by atoms with Crippen molar-refractivity contribution in [2.75, 3.05) is 0 Å². The van der Waals surface area contributed by atoms with Crippen LogP contribution in [0.4, 0.5) is 0 Å². The smallest absolute Gasteiger partial charge is 0.371 e. The molecule has 1 atom stereocenters. The number of rotatable bonds is 5. The van der Waals surface area contributed by atoms with E-state index in [0.717, 1.165) is 6.42 Å². The number of benzene rings is 1. The van der Waals surface area contributed by atoms with Gasteiger partial charge in [0.1, 0.15) is 5.75 Å². The minimum Gasteiger partial charge on any atom is -0.475 e. The minimum absolute atomic E-state index is 0.133. The zero-order valence-electron chi connectivity index (χ0n) is 10.9. The molecule has 4 nitrogen and oxygen atoms in total. The summed E-state index contributed by atoms with van der Waals surface area (Å²) in [6.45, 7) is 4.31. The predicted molar refractivity (Wildman–Crippen MR) is 70.9 cm³/mol. The Hall–Kier alpha value is -2.23. The van der Waals surface area contributed by atoms with E-state index in [1.807, 2.05) is 24.3 Å². The van der Waals surface area contributed by atoms with Crippen molar-refractivity contribution in [3.05, 3.63) is 47.7 Å². The van der Waals surface area contributed by atoms with Gasteiger partial charge in [0.2, 0.25) is 5.76 Å². The van der Waals surface area contributed by atoms with Crippen LogP contribution in [0.25, 0.3) is 0 Å². The fourth-order valence-electron chi connectivity index (χ4n) is 1.71. The van der Waals surface area contributed by atoms with Gasteiger partial charge >= 0.3 is 5.97 Å². The monoisotopic (exact) mass is 260 g/mol. The molecule has 1 heterocycles. The van der Waals surface area contributed by atoms with Crippen LogP contribution in [-0.2, 0) is 0 Å². The quantitative estimate of drug-likeness (QED) is 0.871. The van der Waals surface area contributed by atoms with Crippen molar-refractivity contribution in [1.29, 1.82) is 0 Å². The van der Waals surface area contributed by atoms with Gasteiger partial charge in [0.05, 0.1) is 0 Å². The van der Waals surface area contributed by atoms with E-state index in [9.17, 15) is 4.79 Å². The largest absolute Gasteiger partial charge is 0.475 e. The van der Waals surface area contributed by atoms with Gasteiger partial charge < -0.3 is 14.3 Å². The first-order chi connectivity index (χ1) is 9.10. The standard InChI is InChI=1S/C15H16O4/c1-3-10(2)11-4-6-12(7-5-11)18-14-9-8-13(19-14)15(16)17/h4-10H,3H2,1-2H3,(H,16,17). The van der Waals surface area contributed by atoms with E-state index in [-0.39, 0.29) is 11.7 Å². The lowest BCUT2D eigenvalue weighted by atomic mass is 9.99. The molecule has 0 bridgehead atoms. The molecule has 0 saturated carbocycles. The highest BCUT2D eigenvalue weighted by molar-refractivity contribution is 5.84. The number of carbonyl (C=O) groups is 1. The van der Waals surface area contributed by atoms with Crippen molar-refractivity contribution in [2.24, 2.45) is 0 Å². The van der Waals surface area contributed by atoms with Crippen LogP contribution < -0.4 is 4.74 Å². The lowest BCUT2D eigenvalue weighted by Crippen LogP contribution is -1.92. The van der Waals surface area contributed by atoms with Gasteiger partial charge in [0.25, 0.3) is 5.95 Å². The molecule has 2 aromatic rings. The van der Waals surface area contributed by atoms with Crippen LogP contribution in [0.1, 0.15) is 42.3 Å². The number of carboxylic acid groups (broad SMARTS) is 1. The number of hydrogen-bond donors (Lipinski definition) is 1. The van der Waals surface area contributed by atoms with Crippen LogP contribution in [-0.4, -0.2) is 11.1 Å².